The maximum atomic E-state index is 13.2. The van der Waals surface area contributed by atoms with Crippen molar-refractivity contribution in [3.05, 3.63) is 34.3 Å². The zero-order valence-electron chi connectivity index (χ0n) is 25.6. The van der Waals surface area contributed by atoms with Gasteiger partial charge < -0.3 is 35.8 Å². The number of methoxy groups -OCH3 is 1. The molecule has 1 aromatic carbocycles. The number of hydrogen-bond acceptors (Lipinski definition) is 9. The molecule has 0 radical (unpaired) electrons. The number of rotatable bonds is 18. The van der Waals surface area contributed by atoms with Crippen molar-refractivity contribution in [1.29, 1.82) is 0 Å². The Morgan fingerprint density at radius 2 is 1.55 bits per heavy atom. The summed E-state index contributed by atoms with van der Waals surface area (Å²) in [4.78, 5) is 74.2. The van der Waals surface area contributed by atoms with Gasteiger partial charge >= 0.3 is 18.0 Å². The quantitative estimate of drug-likeness (QED) is 0.102. The molecule has 0 heterocycles. The van der Waals surface area contributed by atoms with Crippen LogP contribution >= 0.6 is 24.2 Å². The fraction of sp³-hybridized carbons (Fsp3) is 0.586. The SMILES string of the molecule is COC(=O)c1ccc(CCNC(=O)C(CS)NC(=O)[C@H](CC(C)C)NC(=O)C(CCC(=O)O)NC(=O)OCC(C)C)c(Cl)c1. The van der Waals surface area contributed by atoms with Crippen molar-refractivity contribution in [2.24, 2.45) is 11.8 Å². The Bertz CT molecular complexity index is 1170. The lowest BCUT2D eigenvalue weighted by Crippen LogP contribution is -2.57. The van der Waals surface area contributed by atoms with Gasteiger partial charge in [0.15, 0.2) is 0 Å². The second-order valence-corrected chi connectivity index (χ2v) is 11.7. The van der Waals surface area contributed by atoms with Crippen molar-refractivity contribution >= 4 is 60.0 Å². The zero-order chi connectivity index (χ0) is 33.4. The standard InChI is InChI=1S/C29H43ClN4O9S/c1-16(2)12-22(32-26(38)21(8-9-24(35)36)34-29(41)43-14-17(3)4)27(39)33-23(15-44)25(37)31-11-10-18-6-7-19(13-20(18)30)28(40)42-5/h6-7,13,16-17,21-23,44H,8-12,14-15H2,1-5H3,(H,31,37)(H,32,38)(H,33,39)(H,34,41)(H,35,36)/t21?,22-,23?/m0/s1. The summed E-state index contributed by atoms with van der Waals surface area (Å²) < 4.78 is 9.72. The predicted molar refractivity (Wildman–Crippen MR) is 167 cm³/mol. The molecule has 13 nitrogen and oxygen atoms in total. The summed E-state index contributed by atoms with van der Waals surface area (Å²) in [5, 5.41) is 19.7. The third-order valence-electron chi connectivity index (χ3n) is 6.13. The number of esters is 1. The van der Waals surface area contributed by atoms with E-state index in [2.05, 4.69) is 38.6 Å². The number of carboxylic acids is 1. The average molecular weight is 659 g/mol. The summed E-state index contributed by atoms with van der Waals surface area (Å²) in [6.45, 7) is 7.60. The number of alkyl carbamates (subject to hydrolysis) is 1. The van der Waals surface area contributed by atoms with Crippen molar-refractivity contribution in [2.75, 3.05) is 26.0 Å². The first-order valence-electron chi connectivity index (χ1n) is 14.2. The topological polar surface area (TPSA) is 189 Å². The van der Waals surface area contributed by atoms with E-state index >= 15 is 0 Å². The van der Waals surface area contributed by atoms with E-state index in [0.29, 0.717) is 22.6 Å². The Kier molecular flexibility index (Phi) is 17.2. The van der Waals surface area contributed by atoms with Gasteiger partial charge in [-0.15, -0.1) is 0 Å². The Hall–Kier alpha value is -3.52. The lowest BCUT2D eigenvalue weighted by molar-refractivity contribution is -0.137. The number of amides is 4. The molecule has 0 bridgehead atoms. The molecule has 1 aromatic rings. The summed E-state index contributed by atoms with van der Waals surface area (Å²) in [7, 11) is 1.26. The largest absolute Gasteiger partial charge is 0.481 e. The van der Waals surface area contributed by atoms with Gasteiger partial charge in [-0.3, -0.25) is 19.2 Å². The summed E-state index contributed by atoms with van der Waals surface area (Å²) in [6.07, 6.45) is -0.990. The second kappa shape index (κ2) is 19.7. The van der Waals surface area contributed by atoms with Gasteiger partial charge in [0, 0.05) is 23.7 Å². The van der Waals surface area contributed by atoms with Crippen molar-refractivity contribution in [1.82, 2.24) is 21.3 Å². The summed E-state index contributed by atoms with van der Waals surface area (Å²) in [5.74, 6) is -3.68. The number of ether oxygens (including phenoxy) is 2. The lowest BCUT2D eigenvalue weighted by atomic mass is 10.0. The monoisotopic (exact) mass is 658 g/mol. The molecule has 5 N–H and O–H groups in total. The molecule has 15 heteroatoms. The van der Waals surface area contributed by atoms with E-state index in [-0.39, 0.29) is 43.6 Å². The lowest BCUT2D eigenvalue weighted by Gasteiger charge is -2.25. The van der Waals surface area contributed by atoms with Crippen LogP contribution in [0.4, 0.5) is 4.79 Å². The number of halogens is 1. The van der Waals surface area contributed by atoms with E-state index in [9.17, 15) is 28.8 Å². The number of thiol groups is 1. The Labute approximate surface area is 267 Å². The molecule has 0 aliphatic rings. The molecule has 0 fully saturated rings. The van der Waals surface area contributed by atoms with Gasteiger partial charge in [0.2, 0.25) is 17.7 Å². The highest BCUT2D eigenvalue weighted by molar-refractivity contribution is 7.80. The molecule has 0 spiro atoms. The maximum Gasteiger partial charge on any atom is 0.407 e. The van der Waals surface area contributed by atoms with Crippen molar-refractivity contribution in [2.45, 2.75) is 71.5 Å². The first-order valence-corrected chi connectivity index (χ1v) is 15.2. The number of carbonyl (C=O) groups is 6. The molecule has 1 rings (SSSR count). The van der Waals surface area contributed by atoms with Crippen LogP contribution in [0.2, 0.25) is 5.02 Å². The van der Waals surface area contributed by atoms with Crippen LogP contribution in [-0.2, 0) is 35.1 Å². The molecule has 4 amide bonds. The van der Waals surface area contributed by atoms with Crippen LogP contribution in [0.25, 0.3) is 0 Å². The van der Waals surface area contributed by atoms with Crippen molar-refractivity contribution in [3.8, 4) is 0 Å². The van der Waals surface area contributed by atoms with Crippen LogP contribution in [0.3, 0.4) is 0 Å². The zero-order valence-corrected chi connectivity index (χ0v) is 27.3. The minimum absolute atomic E-state index is 0.0422. The molecule has 3 atom stereocenters. The third kappa shape index (κ3) is 14.3. The van der Waals surface area contributed by atoms with Crippen LogP contribution in [0.1, 0.15) is 62.9 Å². The Balaban J connectivity index is 2.88. The summed E-state index contributed by atoms with van der Waals surface area (Å²) in [5.41, 5.74) is 0.978. The van der Waals surface area contributed by atoms with Gasteiger partial charge in [0.05, 0.1) is 19.3 Å². The summed E-state index contributed by atoms with van der Waals surface area (Å²) >= 11 is 10.4. The normalized spacial score (nSPS) is 12.9. The Morgan fingerprint density at radius 3 is 2.09 bits per heavy atom. The van der Waals surface area contributed by atoms with Gasteiger partial charge in [0.25, 0.3) is 0 Å². The molecule has 0 aliphatic heterocycles. The molecule has 44 heavy (non-hydrogen) atoms. The van der Waals surface area contributed by atoms with Crippen LogP contribution in [0.15, 0.2) is 18.2 Å². The fourth-order valence-electron chi connectivity index (χ4n) is 3.84. The number of benzene rings is 1. The van der Waals surface area contributed by atoms with E-state index in [1.165, 1.54) is 13.2 Å². The number of carbonyl (C=O) groups excluding carboxylic acids is 5. The van der Waals surface area contributed by atoms with Crippen molar-refractivity contribution < 1.29 is 43.3 Å². The molecule has 2 unspecified atom stereocenters. The first kappa shape index (κ1) is 38.5. The first-order chi connectivity index (χ1) is 20.7. The van der Waals surface area contributed by atoms with E-state index in [0.717, 1.165) is 0 Å². The molecule has 0 saturated carbocycles. The van der Waals surface area contributed by atoms with Gasteiger partial charge in [-0.1, -0.05) is 45.4 Å². The minimum atomic E-state index is -1.27. The van der Waals surface area contributed by atoms with E-state index in [4.69, 9.17) is 21.4 Å². The maximum absolute atomic E-state index is 13.2. The smallest absolute Gasteiger partial charge is 0.407 e. The molecular weight excluding hydrogens is 616 g/mol. The second-order valence-electron chi connectivity index (χ2n) is 10.9. The van der Waals surface area contributed by atoms with Crippen LogP contribution < -0.4 is 21.3 Å². The summed E-state index contributed by atoms with van der Waals surface area (Å²) in [6, 6.07) is 1.28. The molecular formula is C29H43ClN4O9S. The van der Waals surface area contributed by atoms with Crippen LogP contribution in [0, 0.1) is 11.8 Å². The number of hydrogen-bond donors (Lipinski definition) is 6. The van der Waals surface area contributed by atoms with E-state index in [1.54, 1.807) is 12.1 Å². The molecule has 0 aromatic heterocycles. The highest BCUT2D eigenvalue weighted by Gasteiger charge is 2.30. The minimum Gasteiger partial charge on any atom is -0.481 e. The fourth-order valence-corrected chi connectivity index (χ4v) is 4.38. The number of carboxylic acid groups (broad SMARTS) is 1. The van der Waals surface area contributed by atoms with E-state index < -0.39 is 60.3 Å². The predicted octanol–water partition coefficient (Wildman–Crippen LogP) is 2.35. The van der Waals surface area contributed by atoms with Gasteiger partial charge in [-0.05, 0) is 48.8 Å². The number of aliphatic carboxylic acids is 1. The molecule has 0 saturated heterocycles. The third-order valence-corrected chi connectivity index (χ3v) is 6.84. The van der Waals surface area contributed by atoms with E-state index in [1.807, 2.05) is 27.7 Å². The highest BCUT2D eigenvalue weighted by atomic mass is 35.5. The highest BCUT2D eigenvalue weighted by Crippen LogP contribution is 2.19. The van der Waals surface area contributed by atoms with Crippen LogP contribution in [-0.4, -0.2) is 85.0 Å². The van der Waals surface area contributed by atoms with Gasteiger partial charge in [0.1, 0.15) is 18.1 Å². The van der Waals surface area contributed by atoms with Crippen LogP contribution in [0.5, 0.6) is 0 Å². The van der Waals surface area contributed by atoms with Gasteiger partial charge in [-0.25, -0.2) is 9.59 Å². The average Bonchev–Trinajstić information content (AvgIpc) is 2.96. The molecule has 0 aliphatic carbocycles. The molecule has 246 valence electrons. The van der Waals surface area contributed by atoms with Gasteiger partial charge in [-0.2, -0.15) is 12.6 Å². The Morgan fingerprint density at radius 1 is 0.909 bits per heavy atom. The van der Waals surface area contributed by atoms with Crippen molar-refractivity contribution in [3.63, 3.8) is 0 Å². The number of nitrogens with one attached hydrogen (secondary N) is 4.